The minimum absolute atomic E-state index is 0.640. The fourth-order valence-corrected chi connectivity index (χ4v) is 1.76. The molecule has 1 aromatic carbocycles. The van der Waals surface area contributed by atoms with Crippen LogP contribution in [-0.2, 0) is 6.54 Å². The van der Waals surface area contributed by atoms with Crippen LogP contribution in [0.5, 0.6) is 0 Å². The van der Waals surface area contributed by atoms with E-state index in [0.717, 1.165) is 17.1 Å². The highest BCUT2D eigenvalue weighted by Crippen LogP contribution is 2.22. The number of nitrogens with one attached hydrogen (secondary N) is 1. The lowest BCUT2D eigenvalue weighted by Crippen LogP contribution is -2.04. The highest BCUT2D eigenvalue weighted by molar-refractivity contribution is 6.31. The molecule has 0 aliphatic rings. The summed E-state index contributed by atoms with van der Waals surface area (Å²) in [5, 5.41) is 3.88. The van der Waals surface area contributed by atoms with Crippen molar-refractivity contribution < 1.29 is 0 Å². The van der Waals surface area contributed by atoms with Gasteiger partial charge in [-0.05, 0) is 37.3 Å². The number of halogens is 1. The first-order valence-electron chi connectivity index (χ1n) is 5.36. The predicted molar refractivity (Wildman–Crippen MR) is 72.2 cm³/mol. The molecular weight excluding hydrogens is 234 g/mol. The number of nitrogens with two attached hydrogens (primary N) is 1. The number of anilines is 2. The summed E-state index contributed by atoms with van der Waals surface area (Å²) < 4.78 is 0. The van der Waals surface area contributed by atoms with Crippen molar-refractivity contribution in [2.24, 2.45) is 0 Å². The van der Waals surface area contributed by atoms with Gasteiger partial charge >= 0.3 is 0 Å². The van der Waals surface area contributed by atoms with Crippen LogP contribution in [0.1, 0.15) is 11.4 Å². The number of pyridine rings is 1. The molecule has 3 nitrogen and oxygen atoms in total. The molecule has 2 aromatic rings. The van der Waals surface area contributed by atoms with Crippen LogP contribution in [0.25, 0.3) is 0 Å². The topological polar surface area (TPSA) is 50.9 Å². The molecule has 1 heterocycles. The van der Waals surface area contributed by atoms with Crippen LogP contribution < -0.4 is 11.1 Å². The molecule has 0 saturated carbocycles. The first-order valence-corrected chi connectivity index (χ1v) is 5.74. The van der Waals surface area contributed by atoms with E-state index in [1.165, 1.54) is 0 Å². The Morgan fingerprint density at radius 1 is 1.29 bits per heavy atom. The third-order valence-corrected chi connectivity index (χ3v) is 2.65. The van der Waals surface area contributed by atoms with Crippen LogP contribution >= 0.6 is 11.6 Å². The van der Waals surface area contributed by atoms with Crippen molar-refractivity contribution in [3.05, 3.63) is 52.8 Å². The monoisotopic (exact) mass is 247 g/mol. The van der Waals surface area contributed by atoms with Gasteiger partial charge in [0.25, 0.3) is 0 Å². The van der Waals surface area contributed by atoms with Gasteiger partial charge in [0, 0.05) is 10.7 Å². The van der Waals surface area contributed by atoms with E-state index in [1.807, 2.05) is 37.3 Å². The summed E-state index contributed by atoms with van der Waals surface area (Å²) in [6.07, 6.45) is 0. The van der Waals surface area contributed by atoms with Crippen molar-refractivity contribution in [1.29, 1.82) is 0 Å². The molecule has 0 spiro atoms. The van der Waals surface area contributed by atoms with Crippen molar-refractivity contribution >= 4 is 23.0 Å². The van der Waals surface area contributed by atoms with Crippen LogP contribution in [0.2, 0.25) is 5.02 Å². The second kappa shape index (κ2) is 5.06. The Morgan fingerprint density at radius 3 is 2.82 bits per heavy atom. The van der Waals surface area contributed by atoms with Gasteiger partial charge in [-0.2, -0.15) is 0 Å². The zero-order valence-electron chi connectivity index (χ0n) is 9.57. The Hall–Kier alpha value is -1.74. The van der Waals surface area contributed by atoms with Crippen LogP contribution in [-0.4, -0.2) is 4.98 Å². The summed E-state index contributed by atoms with van der Waals surface area (Å²) in [7, 11) is 0. The molecule has 88 valence electrons. The molecule has 4 heteroatoms. The van der Waals surface area contributed by atoms with Crippen molar-refractivity contribution in [1.82, 2.24) is 4.98 Å². The quantitative estimate of drug-likeness (QED) is 0.819. The van der Waals surface area contributed by atoms with Gasteiger partial charge in [-0.1, -0.05) is 17.7 Å². The predicted octanol–water partition coefficient (Wildman–Crippen LogP) is 3.24. The molecule has 0 aliphatic heterocycles. The van der Waals surface area contributed by atoms with E-state index in [1.54, 1.807) is 6.07 Å². The van der Waals surface area contributed by atoms with E-state index >= 15 is 0 Å². The Morgan fingerprint density at radius 2 is 2.12 bits per heavy atom. The van der Waals surface area contributed by atoms with Crippen LogP contribution in [0, 0.1) is 6.92 Å². The van der Waals surface area contributed by atoms with E-state index in [-0.39, 0.29) is 0 Å². The maximum Gasteiger partial charge on any atom is 0.0597 e. The summed E-state index contributed by atoms with van der Waals surface area (Å²) >= 11 is 5.83. The minimum atomic E-state index is 0.640. The molecule has 0 atom stereocenters. The third-order valence-electron chi connectivity index (χ3n) is 2.42. The van der Waals surface area contributed by atoms with E-state index < -0.39 is 0 Å². The largest absolute Gasteiger partial charge is 0.397 e. The summed E-state index contributed by atoms with van der Waals surface area (Å²) in [5.74, 6) is 0. The van der Waals surface area contributed by atoms with Crippen LogP contribution in [0.15, 0.2) is 36.4 Å². The SMILES string of the molecule is Cc1cccc(CNc2ccc(Cl)cc2N)n1. The number of nitrogen functional groups attached to an aromatic ring is 1. The highest BCUT2D eigenvalue weighted by Gasteiger charge is 2.00. The molecule has 17 heavy (non-hydrogen) atoms. The Labute approximate surface area is 106 Å². The first-order chi connectivity index (χ1) is 8.15. The number of hydrogen-bond donors (Lipinski definition) is 2. The molecule has 2 rings (SSSR count). The third kappa shape index (κ3) is 3.11. The maximum atomic E-state index is 5.85. The lowest BCUT2D eigenvalue weighted by Gasteiger charge is -2.09. The first kappa shape index (κ1) is 11.7. The van der Waals surface area contributed by atoms with Gasteiger partial charge in [0.1, 0.15) is 0 Å². The molecule has 0 aliphatic carbocycles. The summed E-state index contributed by atoms with van der Waals surface area (Å²) in [6.45, 7) is 2.62. The van der Waals surface area contributed by atoms with Gasteiger partial charge in [0.15, 0.2) is 0 Å². The summed E-state index contributed by atoms with van der Waals surface area (Å²) in [6, 6.07) is 11.3. The minimum Gasteiger partial charge on any atom is -0.397 e. The van der Waals surface area contributed by atoms with Crippen molar-refractivity contribution in [2.75, 3.05) is 11.1 Å². The van der Waals surface area contributed by atoms with Gasteiger partial charge in [0.2, 0.25) is 0 Å². The van der Waals surface area contributed by atoms with E-state index in [2.05, 4.69) is 10.3 Å². The average Bonchev–Trinajstić information content (AvgIpc) is 2.28. The second-order valence-corrected chi connectivity index (χ2v) is 4.29. The van der Waals surface area contributed by atoms with Gasteiger partial charge in [-0.15, -0.1) is 0 Å². The van der Waals surface area contributed by atoms with Gasteiger partial charge < -0.3 is 11.1 Å². The van der Waals surface area contributed by atoms with E-state index in [9.17, 15) is 0 Å². The molecular formula is C13H14ClN3. The zero-order chi connectivity index (χ0) is 12.3. The average molecular weight is 248 g/mol. The lowest BCUT2D eigenvalue weighted by atomic mass is 10.2. The Bertz CT molecular complexity index is 526. The Balaban J connectivity index is 2.07. The summed E-state index contributed by atoms with van der Waals surface area (Å²) in [5.41, 5.74) is 9.36. The normalized spacial score (nSPS) is 10.2. The smallest absolute Gasteiger partial charge is 0.0597 e. The molecule has 0 unspecified atom stereocenters. The van der Waals surface area contributed by atoms with Crippen LogP contribution in [0.4, 0.5) is 11.4 Å². The molecule has 0 saturated heterocycles. The molecule has 3 N–H and O–H groups in total. The number of benzene rings is 1. The summed E-state index contributed by atoms with van der Waals surface area (Å²) in [4.78, 5) is 4.41. The molecule has 0 fully saturated rings. The number of rotatable bonds is 3. The number of nitrogens with zero attached hydrogens (tertiary/aromatic N) is 1. The molecule has 0 amide bonds. The number of aryl methyl sites for hydroxylation is 1. The van der Waals surface area contributed by atoms with Gasteiger partial charge in [0.05, 0.1) is 23.6 Å². The van der Waals surface area contributed by atoms with Crippen molar-refractivity contribution in [3.63, 3.8) is 0 Å². The van der Waals surface area contributed by atoms with Crippen molar-refractivity contribution in [3.8, 4) is 0 Å². The Kier molecular flexibility index (Phi) is 3.49. The fourth-order valence-electron chi connectivity index (χ4n) is 1.58. The zero-order valence-corrected chi connectivity index (χ0v) is 10.3. The maximum absolute atomic E-state index is 5.85. The van der Waals surface area contributed by atoms with Crippen LogP contribution in [0.3, 0.4) is 0 Å². The van der Waals surface area contributed by atoms with E-state index in [4.69, 9.17) is 17.3 Å². The fraction of sp³-hybridized carbons (Fsp3) is 0.154. The highest BCUT2D eigenvalue weighted by atomic mass is 35.5. The molecule has 0 bridgehead atoms. The number of aromatic nitrogens is 1. The van der Waals surface area contributed by atoms with Crippen molar-refractivity contribution in [2.45, 2.75) is 13.5 Å². The standard InChI is InChI=1S/C13H14ClN3/c1-9-3-2-4-11(17-9)8-16-13-6-5-10(14)7-12(13)15/h2-7,16H,8,15H2,1H3. The van der Waals surface area contributed by atoms with Gasteiger partial charge in [-0.25, -0.2) is 0 Å². The second-order valence-electron chi connectivity index (χ2n) is 3.86. The van der Waals surface area contributed by atoms with E-state index in [0.29, 0.717) is 17.3 Å². The molecule has 1 aromatic heterocycles. The molecule has 0 radical (unpaired) electrons. The number of hydrogen-bond acceptors (Lipinski definition) is 3. The lowest BCUT2D eigenvalue weighted by molar-refractivity contribution is 1.02. The van der Waals surface area contributed by atoms with Gasteiger partial charge in [-0.3, -0.25) is 4.98 Å².